The van der Waals surface area contributed by atoms with Gasteiger partial charge in [0.05, 0.1) is 16.3 Å². The van der Waals surface area contributed by atoms with Crippen molar-refractivity contribution < 1.29 is 9.59 Å². The van der Waals surface area contributed by atoms with Gasteiger partial charge in [0.15, 0.2) is 0 Å². The van der Waals surface area contributed by atoms with Gasteiger partial charge in [0.2, 0.25) is 11.8 Å². The number of rotatable bonds is 5. The number of anilines is 2. The molecule has 1 heterocycles. The highest BCUT2D eigenvalue weighted by Crippen LogP contribution is 2.26. The fourth-order valence-electron chi connectivity index (χ4n) is 2.91. The van der Waals surface area contributed by atoms with Crippen molar-refractivity contribution in [2.75, 3.05) is 10.6 Å². The first-order valence-electron chi connectivity index (χ1n) is 8.77. The monoisotopic (exact) mass is 398 g/mol. The first-order valence-corrected chi connectivity index (χ1v) is 9.65. The zero-order valence-corrected chi connectivity index (χ0v) is 17.0. The third-order valence-corrected chi connectivity index (χ3v) is 5.51. The number of benzene rings is 2. The van der Waals surface area contributed by atoms with Crippen LogP contribution in [0.1, 0.15) is 13.8 Å². The molecule has 1 aromatic heterocycles. The lowest BCUT2D eigenvalue weighted by Crippen LogP contribution is -2.22. The highest BCUT2D eigenvalue weighted by Gasteiger charge is 2.16. The molecule has 2 aromatic carbocycles. The molecule has 2 amide bonds. The summed E-state index contributed by atoms with van der Waals surface area (Å²) in [6, 6.07) is 12.8. The first kappa shape index (κ1) is 19.8. The fraction of sp³-hybridized carbons (Fsp3) is 0.250. The minimum atomic E-state index is -0.318. The average Bonchev–Trinajstić information content (AvgIpc) is 2.87. The van der Waals surface area contributed by atoms with E-state index in [1.165, 1.54) is 18.7 Å². The molecule has 8 heteroatoms. The molecule has 1 unspecified atom stereocenters. The Hall–Kier alpha value is -3.00. The van der Waals surface area contributed by atoms with Gasteiger partial charge in [-0.05, 0) is 49.4 Å². The van der Waals surface area contributed by atoms with Gasteiger partial charge in [0.25, 0.3) is 0 Å². The third kappa shape index (κ3) is 4.12. The van der Waals surface area contributed by atoms with Crippen molar-refractivity contribution in [3.63, 3.8) is 0 Å². The van der Waals surface area contributed by atoms with Crippen molar-refractivity contribution >= 4 is 46.0 Å². The highest BCUT2D eigenvalue weighted by atomic mass is 32.2. The number of amides is 2. The lowest BCUT2D eigenvalue weighted by Gasteiger charge is -2.13. The van der Waals surface area contributed by atoms with E-state index in [0.29, 0.717) is 5.69 Å². The van der Waals surface area contributed by atoms with Gasteiger partial charge < -0.3 is 10.6 Å². The molecule has 0 saturated heterocycles. The lowest BCUT2D eigenvalue weighted by atomic mass is 10.2. The molecule has 3 rings (SSSR count). The summed E-state index contributed by atoms with van der Waals surface area (Å²) in [5, 5.41) is 5.30. The molecule has 7 nitrogen and oxygen atoms in total. The van der Waals surface area contributed by atoms with Crippen molar-refractivity contribution in [2.24, 2.45) is 14.1 Å². The maximum absolute atomic E-state index is 12.6. The standard InChI is InChI=1S/C20H22N4O3S/c1-12(28-16-8-5-14(6-9-16)21-13(2)25)19(26)22-15-7-10-17-18(11-15)24(4)20(27)23(17)3/h5-12H,1-4H3,(H,21,25)(H,22,26). The van der Waals surface area contributed by atoms with E-state index in [4.69, 9.17) is 0 Å². The van der Waals surface area contributed by atoms with Gasteiger partial charge in [-0.15, -0.1) is 11.8 Å². The Morgan fingerprint density at radius 1 is 0.929 bits per heavy atom. The lowest BCUT2D eigenvalue weighted by molar-refractivity contribution is -0.115. The van der Waals surface area contributed by atoms with E-state index in [2.05, 4.69) is 10.6 Å². The summed E-state index contributed by atoms with van der Waals surface area (Å²) in [5.41, 5.74) is 2.83. The van der Waals surface area contributed by atoms with E-state index in [1.807, 2.05) is 25.1 Å². The van der Waals surface area contributed by atoms with Crippen LogP contribution in [-0.2, 0) is 23.7 Å². The molecule has 0 saturated carbocycles. The summed E-state index contributed by atoms with van der Waals surface area (Å²) in [4.78, 5) is 36.6. The van der Waals surface area contributed by atoms with Gasteiger partial charge >= 0.3 is 5.69 Å². The van der Waals surface area contributed by atoms with Gasteiger partial charge in [-0.25, -0.2) is 4.79 Å². The number of carbonyl (C=O) groups is 2. The summed E-state index contributed by atoms with van der Waals surface area (Å²) < 4.78 is 3.13. The SMILES string of the molecule is CC(=O)Nc1ccc(SC(C)C(=O)Nc2ccc3c(c2)n(C)c(=O)n3C)cc1. The number of hydrogen-bond acceptors (Lipinski definition) is 4. The van der Waals surface area contributed by atoms with Gasteiger partial charge in [0.1, 0.15) is 0 Å². The maximum Gasteiger partial charge on any atom is 0.328 e. The molecular weight excluding hydrogens is 376 g/mol. The number of aromatic nitrogens is 2. The van der Waals surface area contributed by atoms with E-state index in [1.54, 1.807) is 47.5 Å². The van der Waals surface area contributed by atoms with Gasteiger partial charge in [-0.1, -0.05) is 0 Å². The Balaban J connectivity index is 1.68. The zero-order valence-electron chi connectivity index (χ0n) is 16.1. The maximum atomic E-state index is 12.6. The normalized spacial score (nSPS) is 12.0. The Labute approximate surface area is 166 Å². The van der Waals surface area contributed by atoms with Gasteiger partial charge in [0, 0.05) is 37.3 Å². The van der Waals surface area contributed by atoms with Crippen LogP contribution in [0.3, 0.4) is 0 Å². The summed E-state index contributed by atoms with van der Waals surface area (Å²) in [6.07, 6.45) is 0. The van der Waals surface area contributed by atoms with Crippen LogP contribution < -0.4 is 16.3 Å². The smallest absolute Gasteiger partial charge is 0.326 e. The highest BCUT2D eigenvalue weighted by molar-refractivity contribution is 8.00. The van der Waals surface area contributed by atoms with E-state index >= 15 is 0 Å². The zero-order chi connectivity index (χ0) is 20.4. The molecule has 2 N–H and O–H groups in total. The number of thioether (sulfide) groups is 1. The number of fused-ring (bicyclic) bond motifs is 1. The van der Waals surface area contributed by atoms with Crippen molar-refractivity contribution in [1.29, 1.82) is 0 Å². The van der Waals surface area contributed by atoms with Crippen LogP contribution in [0.5, 0.6) is 0 Å². The number of nitrogens with one attached hydrogen (secondary N) is 2. The van der Waals surface area contributed by atoms with Crippen LogP contribution in [-0.4, -0.2) is 26.2 Å². The van der Waals surface area contributed by atoms with E-state index in [0.717, 1.165) is 21.6 Å². The molecule has 146 valence electrons. The number of nitrogens with zero attached hydrogens (tertiary/aromatic N) is 2. The second-order valence-corrected chi connectivity index (χ2v) is 7.97. The Kier molecular flexibility index (Phi) is 5.60. The second-order valence-electron chi connectivity index (χ2n) is 6.56. The molecule has 0 spiro atoms. The largest absolute Gasteiger partial charge is 0.328 e. The van der Waals surface area contributed by atoms with E-state index in [9.17, 15) is 14.4 Å². The molecule has 1 atom stereocenters. The van der Waals surface area contributed by atoms with Crippen LogP contribution in [0.2, 0.25) is 0 Å². The Morgan fingerprint density at radius 2 is 1.54 bits per heavy atom. The first-order chi connectivity index (χ1) is 13.3. The molecule has 0 fully saturated rings. The van der Waals surface area contributed by atoms with Crippen LogP contribution in [0.15, 0.2) is 52.2 Å². The number of hydrogen-bond donors (Lipinski definition) is 2. The van der Waals surface area contributed by atoms with Crippen molar-refractivity contribution in [2.45, 2.75) is 24.0 Å². The summed E-state index contributed by atoms with van der Waals surface area (Å²) in [5.74, 6) is -0.253. The predicted molar refractivity (Wildman–Crippen MR) is 113 cm³/mol. The summed E-state index contributed by atoms with van der Waals surface area (Å²) >= 11 is 1.43. The Morgan fingerprint density at radius 3 is 2.18 bits per heavy atom. The molecular formula is C20H22N4O3S. The van der Waals surface area contributed by atoms with E-state index in [-0.39, 0.29) is 22.8 Å². The number of imidazole rings is 1. The van der Waals surface area contributed by atoms with Crippen LogP contribution in [0, 0.1) is 0 Å². The fourth-order valence-corrected chi connectivity index (χ4v) is 3.77. The van der Waals surface area contributed by atoms with E-state index < -0.39 is 0 Å². The van der Waals surface area contributed by atoms with Crippen molar-refractivity contribution in [1.82, 2.24) is 9.13 Å². The minimum absolute atomic E-state index is 0.106. The second kappa shape index (κ2) is 7.93. The molecule has 0 aliphatic rings. The number of carbonyl (C=O) groups excluding carboxylic acids is 2. The molecule has 0 aliphatic carbocycles. The molecule has 0 bridgehead atoms. The molecule has 3 aromatic rings. The van der Waals surface area contributed by atoms with Crippen molar-refractivity contribution in [3.05, 3.63) is 52.9 Å². The van der Waals surface area contributed by atoms with Gasteiger partial charge in [-0.3, -0.25) is 18.7 Å². The molecule has 0 aliphatic heterocycles. The van der Waals surface area contributed by atoms with Crippen LogP contribution >= 0.6 is 11.8 Å². The molecule has 28 heavy (non-hydrogen) atoms. The summed E-state index contributed by atoms with van der Waals surface area (Å²) in [7, 11) is 3.43. The third-order valence-electron chi connectivity index (χ3n) is 4.40. The topological polar surface area (TPSA) is 85.1 Å². The quantitative estimate of drug-likeness (QED) is 0.647. The number of aryl methyl sites for hydroxylation is 2. The Bertz CT molecular complexity index is 1100. The predicted octanol–water partition coefficient (Wildman–Crippen LogP) is 2.95. The van der Waals surface area contributed by atoms with Gasteiger partial charge in [-0.2, -0.15) is 0 Å². The van der Waals surface area contributed by atoms with Crippen LogP contribution in [0.25, 0.3) is 11.0 Å². The van der Waals surface area contributed by atoms with Crippen molar-refractivity contribution in [3.8, 4) is 0 Å². The minimum Gasteiger partial charge on any atom is -0.326 e. The average molecular weight is 398 g/mol. The van der Waals surface area contributed by atoms with Crippen LogP contribution in [0.4, 0.5) is 11.4 Å². The summed E-state index contributed by atoms with van der Waals surface area (Å²) in [6.45, 7) is 3.29. The molecule has 0 radical (unpaired) electrons.